The number of hydrogen-bond donors (Lipinski definition) is 3. The van der Waals surface area contributed by atoms with Crippen LogP contribution in [0.3, 0.4) is 0 Å². The molecule has 3 heterocycles. The number of nitrogens with zero attached hydrogens (tertiary/aromatic N) is 4. The van der Waals surface area contributed by atoms with Gasteiger partial charge in [0.15, 0.2) is 0 Å². The predicted molar refractivity (Wildman–Crippen MR) is 115 cm³/mol. The number of fused-ring (bicyclic) bond motifs is 1. The molecular weight excluding hydrogens is 392 g/mol. The van der Waals surface area contributed by atoms with Crippen LogP contribution in [0.25, 0.3) is 11.0 Å². The van der Waals surface area contributed by atoms with E-state index in [1.165, 1.54) is 0 Å². The van der Waals surface area contributed by atoms with Gasteiger partial charge >= 0.3 is 0 Å². The number of aliphatic hydroxyl groups is 1. The molecule has 1 spiro atoms. The van der Waals surface area contributed by atoms with E-state index < -0.39 is 6.10 Å². The lowest BCUT2D eigenvalue weighted by Gasteiger charge is -2.39. The molecule has 2 atom stereocenters. The van der Waals surface area contributed by atoms with E-state index in [1.807, 2.05) is 12.3 Å². The number of nitriles is 1. The molecular formula is C23H24N6O2. The lowest BCUT2D eigenvalue weighted by molar-refractivity contribution is -0.128. The molecule has 31 heavy (non-hydrogen) atoms. The van der Waals surface area contributed by atoms with Crippen molar-refractivity contribution < 1.29 is 9.90 Å². The van der Waals surface area contributed by atoms with Crippen molar-refractivity contribution in [3.05, 3.63) is 54.0 Å². The molecule has 8 heteroatoms. The quantitative estimate of drug-likeness (QED) is 0.587. The maximum absolute atomic E-state index is 13.0. The lowest BCUT2D eigenvalue weighted by Crippen LogP contribution is -2.48. The summed E-state index contributed by atoms with van der Waals surface area (Å²) in [6.07, 6.45) is 5.47. The number of hydrogen-bond acceptors (Lipinski definition) is 6. The Morgan fingerprint density at radius 3 is 2.87 bits per heavy atom. The molecule has 1 aliphatic carbocycles. The zero-order valence-electron chi connectivity index (χ0n) is 17.1. The predicted octanol–water partition coefficient (Wildman–Crippen LogP) is 2.29. The van der Waals surface area contributed by atoms with Gasteiger partial charge in [-0.15, -0.1) is 0 Å². The molecule has 1 aromatic carbocycles. The maximum atomic E-state index is 13.0. The monoisotopic (exact) mass is 416 g/mol. The minimum Gasteiger partial charge on any atom is -0.387 e. The number of aliphatic hydroxyl groups excluding tert-OH is 1. The van der Waals surface area contributed by atoms with E-state index in [2.05, 4.69) is 31.2 Å². The highest BCUT2D eigenvalue weighted by molar-refractivity contribution is 5.87. The summed E-state index contributed by atoms with van der Waals surface area (Å²) in [5, 5.41) is 23.3. The summed E-state index contributed by atoms with van der Waals surface area (Å²) in [5.41, 5.74) is 2.04. The topological polar surface area (TPSA) is 118 Å². The first-order valence-corrected chi connectivity index (χ1v) is 10.6. The summed E-state index contributed by atoms with van der Waals surface area (Å²) in [4.78, 5) is 27.2. The van der Waals surface area contributed by atoms with Gasteiger partial charge in [-0.1, -0.05) is 12.1 Å². The van der Waals surface area contributed by atoms with E-state index in [0.29, 0.717) is 11.1 Å². The van der Waals surface area contributed by atoms with E-state index in [-0.39, 0.29) is 23.8 Å². The molecule has 1 saturated carbocycles. The Labute approximate surface area is 179 Å². The van der Waals surface area contributed by atoms with Crippen molar-refractivity contribution in [3.8, 4) is 6.07 Å². The van der Waals surface area contributed by atoms with Crippen molar-refractivity contribution in [1.82, 2.24) is 20.3 Å². The smallest absolute Gasteiger partial charge is 0.223 e. The van der Waals surface area contributed by atoms with Crippen molar-refractivity contribution in [3.63, 3.8) is 0 Å². The number of aromatic amines is 1. The fourth-order valence-corrected chi connectivity index (χ4v) is 4.75. The second kappa shape index (κ2) is 7.67. The van der Waals surface area contributed by atoms with Gasteiger partial charge in [-0.25, -0.2) is 9.97 Å². The number of rotatable bonds is 5. The molecule has 2 aromatic heterocycles. The van der Waals surface area contributed by atoms with E-state index in [0.717, 1.165) is 49.2 Å². The van der Waals surface area contributed by atoms with Gasteiger partial charge in [-0.05, 0) is 48.4 Å². The number of anilines is 1. The van der Waals surface area contributed by atoms with Gasteiger partial charge in [0.1, 0.15) is 17.8 Å². The van der Waals surface area contributed by atoms with Crippen molar-refractivity contribution in [2.45, 2.75) is 25.4 Å². The van der Waals surface area contributed by atoms with Gasteiger partial charge in [0.2, 0.25) is 5.91 Å². The van der Waals surface area contributed by atoms with Crippen molar-refractivity contribution in [1.29, 1.82) is 5.26 Å². The average Bonchev–Trinajstić information content (AvgIpc) is 3.38. The van der Waals surface area contributed by atoms with Gasteiger partial charge in [-0.3, -0.25) is 4.79 Å². The standard InChI is InChI=1S/C23H24N6O2/c24-11-15-1-3-16(4-2-15)19(30)12-26-22(31)18-6-10-29(13-23(18)7-8-23)21-17-5-9-25-20(17)27-14-28-21/h1-5,9,14,18-19,30H,6-8,10,12-13H2,(H,26,31)(H,25,27,28)/t18-,19?/m0/s1. The fraction of sp³-hybridized carbons (Fsp3) is 0.391. The molecule has 2 fully saturated rings. The van der Waals surface area contributed by atoms with Crippen molar-refractivity contribution in [2.75, 3.05) is 24.5 Å². The van der Waals surface area contributed by atoms with Gasteiger partial charge in [-0.2, -0.15) is 5.26 Å². The fourth-order valence-electron chi connectivity index (χ4n) is 4.75. The van der Waals surface area contributed by atoms with Gasteiger partial charge < -0.3 is 20.3 Å². The second-order valence-electron chi connectivity index (χ2n) is 8.56. The molecule has 2 aliphatic rings. The van der Waals surface area contributed by atoms with Crippen molar-refractivity contribution >= 4 is 22.8 Å². The SMILES string of the molecule is N#Cc1ccc(C(O)CNC(=O)[C@@H]2CCN(c3ncnc4[nH]ccc34)CC23CC3)cc1. The van der Waals surface area contributed by atoms with Crippen LogP contribution in [0.5, 0.6) is 0 Å². The number of H-pyrrole nitrogens is 1. The molecule has 3 N–H and O–H groups in total. The van der Waals surface area contributed by atoms with Crippen molar-refractivity contribution in [2.24, 2.45) is 11.3 Å². The summed E-state index contributed by atoms with van der Waals surface area (Å²) in [5.74, 6) is 0.882. The molecule has 3 aromatic rings. The average molecular weight is 416 g/mol. The molecule has 1 aliphatic heterocycles. The summed E-state index contributed by atoms with van der Waals surface area (Å²) >= 11 is 0. The highest BCUT2D eigenvalue weighted by atomic mass is 16.3. The van der Waals surface area contributed by atoms with Crippen LogP contribution < -0.4 is 10.2 Å². The van der Waals surface area contributed by atoms with Crippen LogP contribution in [0, 0.1) is 22.7 Å². The number of benzene rings is 1. The number of aromatic nitrogens is 3. The molecule has 1 saturated heterocycles. The van der Waals surface area contributed by atoms with Gasteiger partial charge in [0.25, 0.3) is 0 Å². The van der Waals surface area contributed by atoms with E-state index in [1.54, 1.807) is 30.6 Å². The largest absolute Gasteiger partial charge is 0.387 e. The molecule has 5 rings (SSSR count). The van der Waals surface area contributed by atoms with Crippen LogP contribution in [0.2, 0.25) is 0 Å². The summed E-state index contributed by atoms with van der Waals surface area (Å²) in [6.45, 7) is 1.73. The molecule has 8 nitrogen and oxygen atoms in total. The first-order valence-electron chi connectivity index (χ1n) is 10.6. The van der Waals surface area contributed by atoms with Crippen LogP contribution in [-0.4, -0.2) is 45.6 Å². The third-order valence-corrected chi connectivity index (χ3v) is 6.67. The zero-order valence-corrected chi connectivity index (χ0v) is 17.1. The molecule has 158 valence electrons. The highest BCUT2D eigenvalue weighted by Gasteiger charge is 2.55. The Kier molecular flexibility index (Phi) is 4.83. The molecule has 1 amide bonds. The third kappa shape index (κ3) is 3.62. The summed E-state index contributed by atoms with van der Waals surface area (Å²) in [7, 11) is 0. The third-order valence-electron chi connectivity index (χ3n) is 6.67. The first kappa shape index (κ1) is 19.5. The van der Waals surface area contributed by atoms with E-state index in [4.69, 9.17) is 5.26 Å². The van der Waals surface area contributed by atoms with Crippen LogP contribution in [0.15, 0.2) is 42.9 Å². The Hall–Kier alpha value is -3.44. The number of amides is 1. The Morgan fingerprint density at radius 2 is 2.13 bits per heavy atom. The van der Waals surface area contributed by atoms with Gasteiger partial charge in [0, 0.05) is 31.7 Å². The highest BCUT2D eigenvalue weighted by Crippen LogP contribution is 2.56. The minimum atomic E-state index is -0.796. The Bertz CT molecular complexity index is 1140. The number of carbonyl (C=O) groups excluding carboxylic acids is 1. The Morgan fingerprint density at radius 1 is 1.32 bits per heavy atom. The summed E-state index contributed by atoms with van der Waals surface area (Å²) in [6, 6.07) is 10.8. The van der Waals surface area contributed by atoms with Crippen LogP contribution in [0.1, 0.15) is 36.5 Å². The normalized spacial score (nSPS) is 20.4. The lowest BCUT2D eigenvalue weighted by atomic mass is 9.81. The van der Waals surface area contributed by atoms with Crippen LogP contribution in [0.4, 0.5) is 5.82 Å². The first-order chi connectivity index (χ1) is 15.1. The van der Waals surface area contributed by atoms with Crippen LogP contribution >= 0.6 is 0 Å². The molecule has 0 bridgehead atoms. The number of piperidine rings is 1. The maximum Gasteiger partial charge on any atom is 0.223 e. The molecule has 0 radical (unpaired) electrons. The van der Waals surface area contributed by atoms with Gasteiger partial charge in [0.05, 0.1) is 23.1 Å². The van der Waals surface area contributed by atoms with E-state index in [9.17, 15) is 9.90 Å². The molecule has 1 unspecified atom stereocenters. The minimum absolute atomic E-state index is 0.0133. The van der Waals surface area contributed by atoms with E-state index >= 15 is 0 Å². The second-order valence-corrected chi connectivity index (χ2v) is 8.56. The van der Waals surface area contributed by atoms with Crippen LogP contribution in [-0.2, 0) is 4.79 Å². The number of carbonyl (C=O) groups is 1. The Balaban J connectivity index is 1.23. The number of nitrogens with one attached hydrogen (secondary N) is 2. The summed E-state index contributed by atoms with van der Waals surface area (Å²) < 4.78 is 0. The zero-order chi connectivity index (χ0) is 21.4.